The van der Waals surface area contributed by atoms with Gasteiger partial charge in [-0.2, -0.15) is 0 Å². The average Bonchev–Trinajstić information content (AvgIpc) is 3.46. The van der Waals surface area contributed by atoms with Crippen LogP contribution in [0.3, 0.4) is 0 Å². The first kappa shape index (κ1) is 20.9. The molecule has 8 heteroatoms. The molecule has 4 aromatic rings. The predicted molar refractivity (Wildman–Crippen MR) is 125 cm³/mol. The van der Waals surface area contributed by atoms with Gasteiger partial charge < -0.3 is 4.57 Å². The quantitative estimate of drug-likeness (QED) is 0.409. The first-order valence-corrected chi connectivity index (χ1v) is 11.5. The molecule has 1 aliphatic carbocycles. The van der Waals surface area contributed by atoms with E-state index in [-0.39, 0.29) is 24.7 Å². The number of halogens is 2. The van der Waals surface area contributed by atoms with Crippen molar-refractivity contribution >= 4 is 27.1 Å². The van der Waals surface area contributed by atoms with Crippen LogP contribution < -0.4 is 11.2 Å². The fourth-order valence-corrected chi connectivity index (χ4v) is 4.87. The van der Waals surface area contributed by atoms with Crippen molar-refractivity contribution in [2.45, 2.75) is 44.8 Å². The molecular formula is C24H22BrFN4O2. The lowest BCUT2D eigenvalue weighted by molar-refractivity contribution is 0.526. The second-order valence-electron chi connectivity index (χ2n) is 8.24. The highest BCUT2D eigenvalue weighted by atomic mass is 79.9. The van der Waals surface area contributed by atoms with Crippen molar-refractivity contribution in [3.63, 3.8) is 0 Å². The van der Waals surface area contributed by atoms with Crippen molar-refractivity contribution in [3.05, 3.63) is 97.1 Å². The lowest BCUT2D eigenvalue weighted by atomic mass is 10.2. The maximum atomic E-state index is 14.6. The molecule has 2 heterocycles. The van der Waals surface area contributed by atoms with Gasteiger partial charge >= 0.3 is 5.69 Å². The summed E-state index contributed by atoms with van der Waals surface area (Å²) >= 11 is 3.25. The molecule has 2 aromatic heterocycles. The van der Waals surface area contributed by atoms with E-state index in [1.807, 2.05) is 34.9 Å². The Bertz CT molecular complexity index is 1400. The Hall–Kier alpha value is -3.00. The summed E-state index contributed by atoms with van der Waals surface area (Å²) in [6.07, 6.45) is 5.83. The van der Waals surface area contributed by atoms with Gasteiger partial charge in [0.05, 0.1) is 19.4 Å². The minimum atomic E-state index is -0.495. The first-order chi connectivity index (χ1) is 15.5. The Morgan fingerprint density at radius 1 is 1.00 bits per heavy atom. The van der Waals surface area contributed by atoms with E-state index < -0.39 is 17.1 Å². The summed E-state index contributed by atoms with van der Waals surface area (Å²) in [4.78, 5) is 31.5. The van der Waals surface area contributed by atoms with E-state index in [1.54, 1.807) is 18.5 Å². The molecule has 0 unspecified atom stereocenters. The van der Waals surface area contributed by atoms with Crippen molar-refractivity contribution in [3.8, 4) is 0 Å². The Balaban J connectivity index is 1.72. The van der Waals surface area contributed by atoms with Crippen LogP contribution in [0.15, 0.2) is 68.9 Å². The molecule has 0 atom stereocenters. The summed E-state index contributed by atoms with van der Waals surface area (Å²) in [6, 6.07) is 14.4. The van der Waals surface area contributed by atoms with Crippen molar-refractivity contribution in [1.82, 2.24) is 18.7 Å². The van der Waals surface area contributed by atoms with Crippen LogP contribution in [-0.2, 0) is 13.1 Å². The lowest BCUT2D eigenvalue weighted by Gasteiger charge is -2.15. The molecule has 0 amide bonds. The summed E-state index contributed by atoms with van der Waals surface area (Å²) in [5, 5.41) is 0. The van der Waals surface area contributed by atoms with Gasteiger partial charge in [0.25, 0.3) is 5.56 Å². The maximum absolute atomic E-state index is 14.6. The van der Waals surface area contributed by atoms with Gasteiger partial charge in [0, 0.05) is 16.1 Å². The smallest absolute Gasteiger partial charge is 0.322 e. The van der Waals surface area contributed by atoms with Crippen molar-refractivity contribution < 1.29 is 4.39 Å². The monoisotopic (exact) mass is 496 g/mol. The van der Waals surface area contributed by atoms with E-state index in [4.69, 9.17) is 0 Å². The number of hydrogen-bond acceptors (Lipinski definition) is 3. The number of fused-ring (bicyclic) bond motifs is 1. The lowest BCUT2D eigenvalue weighted by Crippen LogP contribution is -2.41. The third-order valence-corrected chi connectivity index (χ3v) is 6.68. The summed E-state index contributed by atoms with van der Waals surface area (Å²) < 4.78 is 19.7. The molecule has 6 nitrogen and oxygen atoms in total. The zero-order chi connectivity index (χ0) is 22.2. The molecule has 0 radical (unpaired) electrons. The zero-order valence-electron chi connectivity index (χ0n) is 17.4. The van der Waals surface area contributed by atoms with Crippen LogP contribution in [0.25, 0.3) is 11.2 Å². The molecule has 2 aromatic carbocycles. The van der Waals surface area contributed by atoms with Crippen LogP contribution in [-0.4, -0.2) is 18.7 Å². The number of nitrogens with zero attached hydrogens (tertiary/aromatic N) is 4. The van der Waals surface area contributed by atoms with Gasteiger partial charge in [-0.3, -0.25) is 13.9 Å². The number of aromatic nitrogens is 4. The summed E-state index contributed by atoms with van der Waals surface area (Å²) in [6.45, 7) is 0.137. The molecule has 32 heavy (non-hydrogen) atoms. The molecule has 5 rings (SSSR count). The van der Waals surface area contributed by atoms with Crippen molar-refractivity contribution in [2.75, 3.05) is 0 Å². The molecule has 164 valence electrons. The van der Waals surface area contributed by atoms with Gasteiger partial charge in [0.15, 0.2) is 11.2 Å². The third kappa shape index (κ3) is 3.72. The van der Waals surface area contributed by atoms with Crippen LogP contribution in [0.5, 0.6) is 0 Å². The molecule has 1 saturated carbocycles. The molecule has 0 aliphatic heterocycles. The molecule has 1 fully saturated rings. The topological polar surface area (TPSA) is 61.8 Å². The predicted octanol–water partition coefficient (Wildman–Crippen LogP) is 4.47. The molecular weight excluding hydrogens is 475 g/mol. The zero-order valence-corrected chi connectivity index (χ0v) is 19.0. The Kier molecular flexibility index (Phi) is 5.55. The van der Waals surface area contributed by atoms with E-state index in [0.29, 0.717) is 15.6 Å². The number of imidazole rings is 1. The third-order valence-electron chi connectivity index (χ3n) is 6.18. The minimum Gasteiger partial charge on any atom is -0.322 e. The van der Waals surface area contributed by atoms with E-state index >= 15 is 0 Å². The Labute approximate surface area is 192 Å². The SMILES string of the molecule is O=c1c2c(ncn2C2CCCC2)n(Cc2ccccc2)c(=O)n1Cc1ccc(Br)cc1F. The van der Waals surface area contributed by atoms with Crippen LogP contribution >= 0.6 is 15.9 Å². The standard InChI is InChI=1S/C24H22BrFN4O2/c25-18-11-10-17(20(26)12-18)14-29-23(31)21-22(27-15-30(21)19-8-4-5-9-19)28(24(29)32)13-16-6-2-1-3-7-16/h1-3,6-7,10-12,15,19H,4-5,8-9,13-14H2. The average molecular weight is 497 g/mol. The molecule has 0 N–H and O–H groups in total. The first-order valence-electron chi connectivity index (χ1n) is 10.7. The minimum absolute atomic E-state index is 0.142. The van der Waals surface area contributed by atoms with E-state index in [2.05, 4.69) is 20.9 Å². The van der Waals surface area contributed by atoms with Gasteiger partial charge in [0.2, 0.25) is 0 Å². The molecule has 0 spiro atoms. The van der Waals surface area contributed by atoms with Crippen molar-refractivity contribution in [2.24, 2.45) is 0 Å². The fourth-order valence-electron chi connectivity index (χ4n) is 4.53. The maximum Gasteiger partial charge on any atom is 0.333 e. The van der Waals surface area contributed by atoms with Gasteiger partial charge in [-0.05, 0) is 30.5 Å². The van der Waals surface area contributed by atoms with Crippen LogP contribution in [0.4, 0.5) is 4.39 Å². The fraction of sp³-hybridized carbons (Fsp3) is 0.292. The second kappa shape index (κ2) is 8.50. The summed E-state index contributed by atoms with van der Waals surface area (Å²) in [5.74, 6) is -0.468. The molecule has 0 saturated heterocycles. The summed E-state index contributed by atoms with van der Waals surface area (Å²) in [5.41, 5.74) is 1.07. The number of hydrogen-bond donors (Lipinski definition) is 0. The van der Waals surface area contributed by atoms with E-state index in [9.17, 15) is 14.0 Å². The Morgan fingerprint density at radius 2 is 1.75 bits per heavy atom. The van der Waals surface area contributed by atoms with Crippen LogP contribution in [0.1, 0.15) is 42.9 Å². The van der Waals surface area contributed by atoms with Gasteiger partial charge in [-0.15, -0.1) is 0 Å². The molecule has 1 aliphatic rings. The second-order valence-corrected chi connectivity index (χ2v) is 9.16. The van der Waals surface area contributed by atoms with Crippen LogP contribution in [0.2, 0.25) is 0 Å². The normalized spacial score (nSPS) is 14.4. The van der Waals surface area contributed by atoms with Gasteiger partial charge in [0.1, 0.15) is 5.82 Å². The summed E-state index contributed by atoms with van der Waals surface area (Å²) in [7, 11) is 0. The van der Waals surface area contributed by atoms with E-state index in [0.717, 1.165) is 35.8 Å². The number of rotatable bonds is 5. The number of benzene rings is 2. The van der Waals surface area contributed by atoms with Gasteiger partial charge in [-0.1, -0.05) is 65.2 Å². The van der Waals surface area contributed by atoms with E-state index in [1.165, 1.54) is 10.6 Å². The van der Waals surface area contributed by atoms with Gasteiger partial charge in [-0.25, -0.2) is 14.2 Å². The highest BCUT2D eigenvalue weighted by Gasteiger charge is 2.24. The Morgan fingerprint density at radius 3 is 2.47 bits per heavy atom. The highest BCUT2D eigenvalue weighted by Crippen LogP contribution is 2.31. The molecule has 0 bridgehead atoms. The highest BCUT2D eigenvalue weighted by molar-refractivity contribution is 9.10. The van der Waals surface area contributed by atoms with Crippen LogP contribution in [0, 0.1) is 5.82 Å². The van der Waals surface area contributed by atoms with Crippen molar-refractivity contribution in [1.29, 1.82) is 0 Å². The largest absolute Gasteiger partial charge is 0.333 e.